The largest absolute Gasteiger partial charge is 0.273 e. The van der Waals surface area contributed by atoms with Crippen LogP contribution in [-0.2, 0) is 4.79 Å². The first kappa shape index (κ1) is 12.2. The van der Waals surface area contributed by atoms with Gasteiger partial charge in [-0.25, -0.2) is 5.43 Å². The summed E-state index contributed by atoms with van der Waals surface area (Å²) < 4.78 is 0. The number of hydrogen-bond acceptors (Lipinski definition) is 2. The minimum Gasteiger partial charge on any atom is -0.273 e. The standard InChI is InChI=1S/C12H22N2O/c1-9(2)7-12(15)14-13-11-6-4-5-10(3)8-11/h9-10H,4-8H2,1-3H3,(H,14,15)/b13-11-. The molecule has 1 aliphatic carbocycles. The maximum atomic E-state index is 11.4. The van der Waals surface area contributed by atoms with E-state index in [0.29, 0.717) is 12.3 Å². The molecule has 1 aliphatic rings. The van der Waals surface area contributed by atoms with E-state index in [-0.39, 0.29) is 5.91 Å². The van der Waals surface area contributed by atoms with Gasteiger partial charge in [0.05, 0.1) is 0 Å². The predicted octanol–water partition coefficient (Wildman–Crippen LogP) is 2.71. The van der Waals surface area contributed by atoms with E-state index in [1.165, 1.54) is 12.8 Å². The van der Waals surface area contributed by atoms with Gasteiger partial charge in [0, 0.05) is 12.1 Å². The lowest BCUT2D eigenvalue weighted by atomic mass is 9.89. The summed E-state index contributed by atoms with van der Waals surface area (Å²) in [6.07, 6.45) is 5.15. The molecule has 1 saturated carbocycles. The maximum absolute atomic E-state index is 11.4. The molecule has 1 fully saturated rings. The molecular weight excluding hydrogens is 188 g/mol. The third kappa shape index (κ3) is 4.96. The number of hydrogen-bond donors (Lipinski definition) is 1. The number of amides is 1. The molecule has 0 bridgehead atoms. The van der Waals surface area contributed by atoms with Crippen LogP contribution in [0.25, 0.3) is 0 Å². The molecule has 1 rings (SSSR count). The second kappa shape index (κ2) is 5.89. The number of rotatable bonds is 3. The molecule has 0 spiro atoms. The van der Waals surface area contributed by atoms with E-state index in [1.54, 1.807) is 0 Å². The fourth-order valence-electron chi connectivity index (χ4n) is 1.92. The van der Waals surface area contributed by atoms with E-state index in [4.69, 9.17) is 0 Å². The number of carbonyl (C=O) groups is 1. The summed E-state index contributed by atoms with van der Waals surface area (Å²) in [5, 5.41) is 4.20. The molecule has 0 aromatic rings. The normalized spacial score (nSPS) is 24.5. The third-order valence-corrected chi connectivity index (χ3v) is 2.68. The fraction of sp³-hybridized carbons (Fsp3) is 0.833. The van der Waals surface area contributed by atoms with Crippen LogP contribution in [0.3, 0.4) is 0 Å². The summed E-state index contributed by atoms with van der Waals surface area (Å²) in [6.45, 7) is 6.31. The van der Waals surface area contributed by atoms with Gasteiger partial charge in [-0.3, -0.25) is 4.79 Å². The Kier molecular flexibility index (Phi) is 4.79. The molecule has 0 aliphatic heterocycles. The highest BCUT2D eigenvalue weighted by Gasteiger charge is 2.14. The third-order valence-electron chi connectivity index (χ3n) is 2.68. The van der Waals surface area contributed by atoms with Crippen molar-refractivity contribution in [1.82, 2.24) is 5.43 Å². The molecule has 3 nitrogen and oxygen atoms in total. The van der Waals surface area contributed by atoms with E-state index in [9.17, 15) is 4.79 Å². The van der Waals surface area contributed by atoms with Crippen LogP contribution < -0.4 is 5.43 Å². The lowest BCUT2D eigenvalue weighted by Gasteiger charge is -2.19. The molecule has 15 heavy (non-hydrogen) atoms. The van der Waals surface area contributed by atoms with Crippen LogP contribution in [0.15, 0.2) is 5.10 Å². The van der Waals surface area contributed by atoms with Crippen molar-refractivity contribution in [2.45, 2.75) is 52.9 Å². The van der Waals surface area contributed by atoms with Crippen LogP contribution in [0.4, 0.5) is 0 Å². The minimum absolute atomic E-state index is 0.0377. The first-order valence-electron chi connectivity index (χ1n) is 5.92. The fourth-order valence-corrected chi connectivity index (χ4v) is 1.92. The van der Waals surface area contributed by atoms with E-state index < -0.39 is 0 Å². The average Bonchev–Trinajstić information content (AvgIpc) is 2.14. The molecule has 0 aromatic heterocycles. The summed E-state index contributed by atoms with van der Waals surface area (Å²) in [6, 6.07) is 0. The zero-order valence-electron chi connectivity index (χ0n) is 10.0. The van der Waals surface area contributed by atoms with E-state index in [1.807, 2.05) is 13.8 Å². The van der Waals surface area contributed by atoms with Crippen molar-refractivity contribution in [3.05, 3.63) is 0 Å². The van der Waals surface area contributed by atoms with Crippen LogP contribution in [0, 0.1) is 11.8 Å². The van der Waals surface area contributed by atoms with Gasteiger partial charge in [0.15, 0.2) is 0 Å². The topological polar surface area (TPSA) is 41.5 Å². The first-order chi connectivity index (χ1) is 7.08. The SMILES string of the molecule is CC(C)CC(=O)N/N=C1/CCCC(C)C1. The second-order valence-electron chi connectivity index (χ2n) is 5.01. The van der Waals surface area contributed by atoms with E-state index >= 15 is 0 Å². The highest BCUT2D eigenvalue weighted by Crippen LogP contribution is 2.20. The van der Waals surface area contributed by atoms with Gasteiger partial charge in [0.25, 0.3) is 0 Å². The molecule has 0 heterocycles. The van der Waals surface area contributed by atoms with Crippen molar-refractivity contribution in [1.29, 1.82) is 0 Å². The van der Waals surface area contributed by atoms with Crippen molar-refractivity contribution in [3.63, 3.8) is 0 Å². The van der Waals surface area contributed by atoms with Gasteiger partial charge >= 0.3 is 0 Å². The maximum Gasteiger partial charge on any atom is 0.240 e. The minimum atomic E-state index is 0.0377. The summed E-state index contributed by atoms with van der Waals surface area (Å²) in [5.74, 6) is 1.16. The van der Waals surface area contributed by atoms with Crippen LogP contribution in [-0.4, -0.2) is 11.6 Å². The molecule has 1 amide bonds. The summed E-state index contributed by atoms with van der Waals surface area (Å²) in [4.78, 5) is 11.4. The molecule has 1 unspecified atom stereocenters. The second-order valence-corrected chi connectivity index (χ2v) is 5.01. The zero-order chi connectivity index (χ0) is 11.3. The zero-order valence-corrected chi connectivity index (χ0v) is 10.0. The molecule has 0 saturated heterocycles. The van der Waals surface area contributed by atoms with Crippen LogP contribution >= 0.6 is 0 Å². The highest BCUT2D eigenvalue weighted by molar-refractivity contribution is 5.87. The van der Waals surface area contributed by atoms with Crippen molar-refractivity contribution >= 4 is 11.6 Å². The highest BCUT2D eigenvalue weighted by atomic mass is 16.2. The molecule has 1 atom stereocenters. The first-order valence-corrected chi connectivity index (χ1v) is 5.92. The molecule has 0 radical (unpaired) electrons. The van der Waals surface area contributed by atoms with Crippen molar-refractivity contribution < 1.29 is 4.79 Å². The van der Waals surface area contributed by atoms with Gasteiger partial charge < -0.3 is 0 Å². The Labute approximate surface area is 92.3 Å². The van der Waals surface area contributed by atoms with Gasteiger partial charge in [-0.05, 0) is 37.5 Å². The quantitative estimate of drug-likeness (QED) is 0.715. The van der Waals surface area contributed by atoms with Crippen molar-refractivity contribution in [3.8, 4) is 0 Å². The van der Waals surface area contributed by atoms with Crippen LogP contribution in [0.5, 0.6) is 0 Å². The number of carbonyl (C=O) groups excluding carboxylic acids is 1. The Hall–Kier alpha value is -0.860. The van der Waals surface area contributed by atoms with Gasteiger partial charge in [0.2, 0.25) is 5.91 Å². The monoisotopic (exact) mass is 210 g/mol. The van der Waals surface area contributed by atoms with Gasteiger partial charge in [-0.1, -0.05) is 20.8 Å². The van der Waals surface area contributed by atoms with Crippen molar-refractivity contribution in [2.75, 3.05) is 0 Å². The Morgan fingerprint density at radius 1 is 1.60 bits per heavy atom. The summed E-state index contributed by atoms with van der Waals surface area (Å²) >= 11 is 0. The average molecular weight is 210 g/mol. The van der Waals surface area contributed by atoms with Gasteiger partial charge in [0.1, 0.15) is 0 Å². The van der Waals surface area contributed by atoms with Crippen LogP contribution in [0.1, 0.15) is 52.9 Å². The lowest BCUT2D eigenvalue weighted by molar-refractivity contribution is -0.121. The van der Waals surface area contributed by atoms with Crippen LogP contribution in [0.2, 0.25) is 0 Å². The predicted molar refractivity (Wildman–Crippen MR) is 62.7 cm³/mol. The molecule has 86 valence electrons. The molecule has 3 heteroatoms. The summed E-state index contributed by atoms with van der Waals surface area (Å²) in [7, 11) is 0. The Balaban J connectivity index is 2.33. The van der Waals surface area contributed by atoms with Gasteiger partial charge in [-0.15, -0.1) is 0 Å². The number of nitrogens with zero attached hydrogens (tertiary/aromatic N) is 1. The summed E-state index contributed by atoms with van der Waals surface area (Å²) in [5.41, 5.74) is 3.81. The Morgan fingerprint density at radius 2 is 2.33 bits per heavy atom. The van der Waals surface area contributed by atoms with E-state index in [0.717, 1.165) is 24.5 Å². The smallest absolute Gasteiger partial charge is 0.240 e. The van der Waals surface area contributed by atoms with Gasteiger partial charge in [-0.2, -0.15) is 5.10 Å². The molecule has 0 aromatic carbocycles. The number of nitrogens with one attached hydrogen (secondary N) is 1. The van der Waals surface area contributed by atoms with E-state index in [2.05, 4.69) is 17.5 Å². The Bertz CT molecular complexity index is 246. The molecular formula is C12H22N2O. The Morgan fingerprint density at radius 3 is 2.93 bits per heavy atom. The lowest BCUT2D eigenvalue weighted by Crippen LogP contribution is -2.23. The number of hydrazone groups is 1. The molecule has 1 N–H and O–H groups in total. The van der Waals surface area contributed by atoms with Crippen molar-refractivity contribution in [2.24, 2.45) is 16.9 Å².